The van der Waals surface area contributed by atoms with Gasteiger partial charge in [0.05, 0.1) is 5.70 Å². The second-order valence-electron chi connectivity index (χ2n) is 12.1. The number of dihydropyridines is 1. The molecule has 236 valence electrons. The van der Waals surface area contributed by atoms with Gasteiger partial charge in [0.25, 0.3) is 5.91 Å². The van der Waals surface area contributed by atoms with Crippen molar-refractivity contribution in [3.05, 3.63) is 53.6 Å². The lowest BCUT2D eigenvalue weighted by atomic mass is 9.83. The van der Waals surface area contributed by atoms with Gasteiger partial charge in [-0.1, -0.05) is 25.8 Å². The van der Waals surface area contributed by atoms with E-state index in [0.29, 0.717) is 43.8 Å². The highest BCUT2D eigenvalue weighted by Gasteiger charge is 2.62. The van der Waals surface area contributed by atoms with Gasteiger partial charge in [-0.3, -0.25) is 14.6 Å². The van der Waals surface area contributed by atoms with E-state index in [9.17, 15) is 22.8 Å². The average Bonchev–Trinajstić information content (AvgIpc) is 3.67. The minimum atomic E-state index is -4.58. The fourth-order valence-electron chi connectivity index (χ4n) is 7.05. The third-order valence-electron chi connectivity index (χ3n) is 9.42. The molecule has 1 saturated carbocycles. The van der Waals surface area contributed by atoms with E-state index < -0.39 is 23.2 Å². The van der Waals surface area contributed by atoms with Gasteiger partial charge in [0, 0.05) is 62.8 Å². The van der Waals surface area contributed by atoms with Crippen molar-refractivity contribution in [2.45, 2.75) is 76.4 Å². The second kappa shape index (κ2) is 12.5. The number of rotatable bonds is 8. The molecule has 2 amide bonds. The molecule has 2 N–H and O–H groups in total. The maximum atomic E-state index is 14.2. The summed E-state index contributed by atoms with van der Waals surface area (Å²) < 4.78 is 48.9. The Bertz CT molecular complexity index is 1230. The molecule has 12 heteroatoms. The Labute approximate surface area is 251 Å². The van der Waals surface area contributed by atoms with Crippen LogP contribution in [0.5, 0.6) is 0 Å². The summed E-state index contributed by atoms with van der Waals surface area (Å²) in [6, 6.07) is 3.40. The van der Waals surface area contributed by atoms with Crippen LogP contribution in [0.1, 0.15) is 57.9 Å². The number of piperazine rings is 1. The molecule has 9 nitrogen and oxygen atoms in total. The van der Waals surface area contributed by atoms with Crippen molar-refractivity contribution in [3.8, 4) is 0 Å². The van der Waals surface area contributed by atoms with E-state index in [2.05, 4.69) is 25.4 Å². The molecule has 1 aromatic rings. The van der Waals surface area contributed by atoms with E-state index in [1.165, 1.54) is 4.90 Å². The Morgan fingerprint density at radius 2 is 1.93 bits per heavy atom. The predicted molar refractivity (Wildman–Crippen MR) is 155 cm³/mol. The van der Waals surface area contributed by atoms with Gasteiger partial charge in [-0.15, -0.1) is 0 Å². The van der Waals surface area contributed by atoms with Crippen LogP contribution in [0, 0.1) is 5.41 Å². The topological polar surface area (TPSA) is 90.0 Å². The zero-order chi connectivity index (χ0) is 30.8. The molecule has 0 bridgehead atoms. The molecule has 1 unspecified atom stereocenters. The molecule has 2 saturated heterocycles. The monoisotopic (exact) mass is 604 g/mol. The molecule has 4 heterocycles. The molecular formula is C31H43F3N6O3. The zero-order valence-electron chi connectivity index (χ0n) is 25.3. The molecule has 1 aliphatic carbocycles. The summed E-state index contributed by atoms with van der Waals surface area (Å²) in [5.41, 5.74) is -1.73. The molecule has 1 aromatic heterocycles. The van der Waals surface area contributed by atoms with Crippen molar-refractivity contribution in [1.29, 1.82) is 0 Å². The first kappa shape index (κ1) is 31.3. The van der Waals surface area contributed by atoms with E-state index >= 15 is 0 Å². The van der Waals surface area contributed by atoms with E-state index in [1.54, 1.807) is 18.5 Å². The number of allylic oxidation sites excluding steroid dienone is 1. The van der Waals surface area contributed by atoms with Gasteiger partial charge in [-0.05, 0) is 64.4 Å². The number of hydrogen-bond acceptors (Lipinski definition) is 7. The average molecular weight is 605 g/mol. The second-order valence-corrected chi connectivity index (χ2v) is 12.1. The van der Waals surface area contributed by atoms with Crippen LogP contribution in [0.4, 0.5) is 13.2 Å². The molecule has 0 aromatic carbocycles. The number of aromatic nitrogens is 1. The third-order valence-corrected chi connectivity index (χ3v) is 9.42. The van der Waals surface area contributed by atoms with E-state index in [1.807, 2.05) is 39.1 Å². The van der Waals surface area contributed by atoms with Crippen LogP contribution in [-0.2, 0) is 20.1 Å². The first-order chi connectivity index (χ1) is 20.5. The number of alkyl halides is 3. The lowest BCUT2D eigenvalue weighted by Crippen LogP contribution is -2.60. The quantitative estimate of drug-likeness (QED) is 0.470. The Morgan fingerprint density at radius 1 is 1.16 bits per heavy atom. The number of carbonyl (C=O) groups is 2. The fourth-order valence-corrected chi connectivity index (χ4v) is 7.05. The first-order valence-corrected chi connectivity index (χ1v) is 15.4. The number of nitrogens with one attached hydrogen (secondary N) is 2. The van der Waals surface area contributed by atoms with Crippen molar-refractivity contribution in [2.75, 3.05) is 46.4 Å². The molecule has 3 aliphatic heterocycles. The summed E-state index contributed by atoms with van der Waals surface area (Å²) in [6.07, 6.45) is 4.43. The van der Waals surface area contributed by atoms with E-state index in [0.717, 1.165) is 25.1 Å². The number of amides is 2. The Morgan fingerprint density at radius 3 is 2.53 bits per heavy atom. The SMILES string of the molecule is CCOC1(c2cccnc2)C=CC(N2CCN(C(=O)C3(C(F)(F)F)CCCC3)C[C@H]2CC)=C(C(=O)N[C@@H]2CCN(C)C2)N1. The minimum Gasteiger partial charge on any atom is -0.363 e. The number of halogens is 3. The number of ether oxygens (including phenoxy) is 1. The summed E-state index contributed by atoms with van der Waals surface area (Å²) in [7, 11) is 2.02. The van der Waals surface area contributed by atoms with Crippen LogP contribution in [0.15, 0.2) is 48.1 Å². The molecule has 4 aliphatic rings. The van der Waals surface area contributed by atoms with Gasteiger partial charge in [0.15, 0.2) is 5.72 Å². The Balaban J connectivity index is 1.45. The number of nitrogens with zero attached hydrogens (tertiary/aromatic N) is 4. The lowest BCUT2D eigenvalue weighted by molar-refractivity contribution is -0.226. The summed E-state index contributed by atoms with van der Waals surface area (Å²) in [4.78, 5) is 37.3. The zero-order valence-corrected chi connectivity index (χ0v) is 25.3. The van der Waals surface area contributed by atoms with Gasteiger partial charge < -0.3 is 30.1 Å². The maximum absolute atomic E-state index is 14.2. The van der Waals surface area contributed by atoms with Crippen LogP contribution in [0.3, 0.4) is 0 Å². The number of pyridine rings is 1. The molecule has 43 heavy (non-hydrogen) atoms. The highest BCUT2D eigenvalue weighted by atomic mass is 19.4. The number of likely N-dealkylation sites (tertiary alicyclic amines) is 1. The first-order valence-electron chi connectivity index (χ1n) is 15.4. The number of carbonyl (C=O) groups excluding carboxylic acids is 2. The summed E-state index contributed by atoms with van der Waals surface area (Å²) in [6.45, 7) is 6.43. The summed E-state index contributed by atoms with van der Waals surface area (Å²) in [5.74, 6) is -1.08. The van der Waals surface area contributed by atoms with Crippen LogP contribution < -0.4 is 10.6 Å². The van der Waals surface area contributed by atoms with Crippen molar-refractivity contribution in [2.24, 2.45) is 5.41 Å². The van der Waals surface area contributed by atoms with Gasteiger partial charge in [-0.25, -0.2) is 0 Å². The van der Waals surface area contributed by atoms with Crippen LogP contribution >= 0.6 is 0 Å². The lowest BCUT2D eigenvalue weighted by Gasteiger charge is -2.47. The van der Waals surface area contributed by atoms with Gasteiger partial charge >= 0.3 is 6.18 Å². The van der Waals surface area contributed by atoms with Gasteiger partial charge in [0.2, 0.25) is 5.91 Å². The highest BCUT2D eigenvalue weighted by Crippen LogP contribution is 2.52. The van der Waals surface area contributed by atoms with Gasteiger partial charge in [-0.2, -0.15) is 13.2 Å². The third kappa shape index (κ3) is 6.00. The smallest absolute Gasteiger partial charge is 0.363 e. The van der Waals surface area contributed by atoms with Gasteiger partial charge in [0.1, 0.15) is 11.1 Å². The van der Waals surface area contributed by atoms with Crippen molar-refractivity contribution in [3.63, 3.8) is 0 Å². The number of likely N-dealkylation sites (N-methyl/N-ethyl adjacent to an activating group) is 1. The van der Waals surface area contributed by atoms with Crippen LogP contribution in [0.25, 0.3) is 0 Å². The summed E-state index contributed by atoms with van der Waals surface area (Å²) in [5, 5.41) is 6.58. The summed E-state index contributed by atoms with van der Waals surface area (Å²) >= 11 is 0. The molecule has 0 radical (unpaired) electrons. The maximum Gasteiger partial charge on any atom is 0.403 e. The van der Waals surface area contributed by atoms with Crippen molar-refractivity contribution in [1.82, 2.24) is 30.3 Å². The molecule has 5 rings (SSSR count). The highest BCUT2D eigenvalue weighted by molar-refractivity contribution is 5.95. The normalized spacial score (nSPS) is 27.9. The van der Waals surface area contributed by atoms with Crippen molar-refractivity contribution >= 4 is 11.8 Å². The predicted octanol–water partition coefficient (Wildman–Crippen LogP) is 3.51. The number of hydrogen-bond donors (Lipinski definition) is 2. The molecule has 3 atom stereocenters. The van der Waals surface area contributed by atoms with Crippen LogP contribution in [0.2, 0.25) is 0 Å². The minimum absolute atomic E-state index is 0.0137. The fraction of sp³-hybridized carbons (Fsp3) is 0.645. The van der Waals surface area contributed by atoms with Crippen LogP contribution in [-0.4, -0.2) is 96.1 Å². The molecule has 3 fully saturated rings. The Hall–Kier alpha value is -3.12. The molecule has 0 spiro atoms. The van der Waals surface area contributed by atoms with E-state index in [4.69, 9.17) is 4.74 Å². The Kier molecular flexibility index (Phi) is 9.08. The largest absolute Gasteiger partial charge is 0.403 e. The van der Waals surface area contributed by atoms with E-state index in [-0.39, 0.29) is 43.9 Å². The van der Waals surface area contributed by atoms with Crippen molar-refractivity contribution < 1.29 is 27.5 Å². The molecular weight excluding hydrogens is 561 g/mol. The standard InChI is InChI=1S/C31H43F3N6O3/c1-4-24-21-39(28(42)29(31(32,33)34)12-6-7-13-29)17-18-40(24)25-10-14-30(43-5-2,22-9-8-15-35-19-22)37-26(25)27(41)36-23-11-16-38(3)20-23/h8-10,14-15,19,23-24,37H,4-7,11-13,16-18,20-21H2,1-3H3,(H,36,41)/t23-,24-,30?/m1/s1.